The molecular formula is C22H33N3O2. The number of benzene rings is 1. The Hall–Kier alpha value is -1.59. The smallest absolute Gasteiger partial charge is 0.317 e. The summed E-state index contributed by atoms with van der Waals surface area (Å²) in [5.41, 5.74) is 2.71. The summed E-state index contributed by atoms with van der Waals surface area (Å²) in [7, 11) is 0. The molecule has 27 heavy (non-hydrogen) atoms. The maximum absolute atomic E-state index is 13.1. The molecular weight excluding hydrogens is 338 g/mol. The highest BCUT2D eigenvalue weighted by Crippen LogP contribution is 2.31. The van der Waals surface area contributed by atoms with Crippen molar-refractivity contribution in [1.29, 1.82) is 0 Å². The summed E-state index contributed by atoms with van der Waals surface area (Å²) in [4.78, 5) is 15.1. The van der Waals surface area contributed by atoms with Crippen LogP contribution >= 0.6 is 0 Å². The first-order valence-electron chi connectivity index (χ1n) is 10.5. The van der Waals surface area contributed by atoms with Crippen molar-refractivity contribution in [1.82, 2.24) is 15.5 Å². The fourth-order valence-corrected chi connectivity index (χ4v) is 5.12. The van der Waals surface area contributed by atoms with E-state index in [1.807, 2.05) is 4.90 Å². The Labute approximate surface area is 162 Å². The summed E-state index contributed by atoms with van der Waals surface area (Å²) in [5.74, 6) is 0.559. The summed E-state index contributed by atoms with van der Waals surface area (Å²) in [6, 6.07) is 8.85. The Morgan fingerprint density at radius 2 is 2.00 bits per heavy atom. The third-order valence-corrected chi connectivity index (χ3v) is 6.56. The van der Waals surface area contributed by atoms with Crippen LogP contribution in [-0.4, -0.2) is 55.9 Å². The van der Waals surface area contributed by atoms with E-state index in [0.29, 0.717) is 5.92 Å². The topological polar surface area (TPSA) is 53.6 Å². The van der Waals surface area contributed by atoms with Gasteiger partial charge in [0.25, 0.3) is 0 Å². The largest absolute Gasteiger partial charge is 0.376 e. The third-order valence-electron chi connectivity index (χ3n) is 6.56. The van der Waals surface area contributed by atoms with Crippen LogP contribution in [0.25, 0.3) is 0 Å². The van der Waals surface area contributed by atoms with E-state index in [4.69, 9.17) is 4.74 Å². The van der Waals surface area contributed by atoms with E-state index in [1.54, 1.807) is 0 Å². The second-order valence-electron chi connectivity index (χ2n) is 8.98. The van der Waals surface area contributed by atoms with Crippen molar-refractivity contribution in [2.45, 2.75) is 57.1 Å². The monoisotopic (exact) mass is 371 g/mol. The van der Waals surface area contributed by atoms with Gasteiger partial charge in [0, 0.05) is 25.1 Å². The summed E-state index contributed by atoms with van der Waals surface area (Å²) in [5, 5.41) is 6.75. The normalized spacial score (nSPS) is 28.4. The maximum atomic E-state index is 13.1. The highest BCUT2D eigenvalue weighted by molar-refractivity contribution is 5.75. The number of nitrogens with one attached hydrogen (secondary N) is 2. The zero-order valence-corrected chi connectivity index (χ0v) is 16.7. The van der Waals surface area contributed by atoms with Crippen LogP contribution in [0.4, 0.5) is 4.79 Å². The Balaban J connectivity index is 1.42. The second kappa shape index (κ2) is 7.80. The first-order valence-corrected chi connectivity index (χ1v) is 10.5. The van der Waals surface area contributed by atoms with Gasteiger partial charge in [-0.2, -0.15) is 0 Å². The van der Waals surface area contributed by atoms with Crippen molar-refractivity contribution >= 4 is 6.03 Å². The molecule has 5 nitrogen and oxygen atoms in total. The Morgan fingerprint density at radius 3 is 2.81 bits per heavy atom. The van der Waals surface area contributed by atoms with Crippen LogP contribution in [0.3, 0.4) is 0 Å². The van der Waals surface area contributed by atoms with Crippen LogP contribution in [0.15, 0.2) is 24.3 Å². The molecule has 2 fully saturated rings. The van der Waals surface area contributed by atoms with Gasteiger partial charge in [-0.05, 0) is 55.8 Å². The predicted molar refractivity (Wildman–Crippen MR) is 107 cm³/mol. The fraction of sp³-hybridized carbons (Fsp3) is 0.682. The molecule has 3 aliphatic rings. The highest BCUT2D eigenvalue weighted by Gasteiger charge is 2.38. The van der Waals surface area contributed by atoms with Gasteiger partial charge in [0.2, 0.25) is 0 Å². The molecule has 2 amide bonds. The summed E-state index contributed by atoms with van der Waals surface area (Å²) >= 11 is 0. The van der Waals surface area contributed by atoms with Crippen LogP contribution in [-0.2, 0) is 16.6 Å². The van der Waals surface area contributed by atoms with E-state index in [2.05, 4.69) is 48.7 Å². The average molecular weight is 372 g/mol. The second-order valence-corrected chi connectivity index (χ2v) is 8.98. The lowest BCUT2D eigenvalue weighted by Gasteiger charge is -2.34. The minimum atomic E-state index is -0.0367. The molecule has 2 atom stereocenters. The lowest BCUT2D eigenvalue weighted by atomic mass is 9.82. The lowest BCUT2D eigenvalue weighted by Crippen LogP contribution is -2.52. The fourth-order valence-electron chi connectivity index (χ4n) is 5.12. The SMILES string of the molecule is CC1(C)CN(C(=O)N[C@@H]2CCO[C@H]2C2CCNCC2)CCc2ccccc21. The van der Waals surface area contributed by atoms with Gasteiger partial charge in [0.15, 0.2) is 0 Å². The van der Waals surface area contributed by atoms with Crippen LogP contribution in [0, 0.1) is 5.92 Å². The van der Waals surface area contributed by atoms with Crippen LogP contribution in [0.2, 0.25) is 0 Å². The molecule has 1 aromatic carbocycles. The van der Waals surface area contributed by atoms with Crippen LogP contribution in [0.5, 0.6) is 0 Å². The van der Waals surface area contributed by atoms with Gasteiger partial charge in [0.05, 0.1) is 12.1 Å². The standard InChI is InChI=1S/C22H33N3O2/c1-22(2)15-25(13-9-16-5-3-4-6-18(16)22)21(26)24-19-10-14-27-20(19)17-7-11-23-12-8-17/h3-6,17,19-20,23H,7-15H2,1-2H3,(H,24,26)/t19-,20+/m1/s1. The van der Waals surface area contributed by atoms with E-state index >= 15 is 0 Å². The van der Waals surface area contributed by atoms with Crippen molar-refractivity contribution in [3.05, 3.63) is 35.4 Å². The zero-order chi connectivity index (χ0) is 18.9. The Kier molecular flexibility index (Phi) is 5.42. The van der Waals surface area contributed by atoms with Crippen molar-refractivity contribution in [2.75, 3.05) is 32.8 Å². The van der Waals surface area contributed by atoms with E-state index in [-0.39, 0.29) is 23.6 Å². The summed E-state index contributed by atoms with van der Waals surface area (Å²) in [6.45, 7) is 8.89. The molecule has 0 aromatic heterocycles. The number of piperidine rings is 1. The molecule has 4 rings (SSSR count). The molecule has 0 aliphatic carbocycles. The summed E-state index contributed by atoms with van der Waals surface area (Å²) < 4.78 is 6.05. The molecule has 0 radical (unpaired) electrons. The molecule has 0 spiro atoms. The van der Waals surface area contributed by atoms with E-state index in [0.717, 1.165) is 58.5 Å². The molecule has 2 N–H and O–H groups in total. The highest BCUT2D eigenvalue weighted by atomic mass is 16.5. The van der Waals surface area contributed by atoms with E-state index in [1.165, 1.54) is 11.1 Å². The Bertz CT molecular complexity index is 669. The molecule has 0 unspecified atom stereocenters. The van der Waals surface area contributed by atoms with Gasteiger partial charge < -0.3 is 20.3 Å². The maximum Gasteiger partial charge on any atom is 0.317 e. The zero-order valence-electron chi connectivity index (χ0n) is 16.7. The number of carbonyl (C=O) groups excluding carboxylic acids is 1. The number of hydrogen-bond acceptors (Lipinski definition) is 3. The third kappa shape index (κ3) is 3.99. The number of urea groups is 1. The first kappa shape index (κ1) is 18.8. The average Bonchev–Trinajstić information content (AvgIpc) is 3.08. The number of rotatable bonds is 2. The first-order chi connectivity index (χ1) is 13.0. The van der Waals surface area contributed by atoms with E-state index in [9.17, 15) is 4.79 Å². The summed E-state index contributed by atoms with van der Waals surface area (Å²) in [6.07, 6.45) is 4.31. The minimum absolute atomic E-state index is 0.0367. The molecule has 148 valence electrons. The Morgan fingerprint density at radius 1 is 1.22 bits per heavy atom. The quantitative estimate of drug-likeness (QED) is 0.840. The van der Waals surface area contributed by atoms with Crippen molar-refractivity contribution in [2.24, 2.45) is 5.92 Å². The van der Waals surface area contributed by atoms with Gasteiger partial charge >= 0.3 is 6.03 Å². The van der Waals surface area contributed by atoms with Gasteiger partial charge in [-0.25, -0.2) is 4.79 Å². The molecule has 0 saturated carbocycles. The molecule has 5 heteroatoms. The number of carbonyl (C=O) groups is 1. The van der Waals surface area contributed by atoms with Crippen LogP contribution in [0.1, 0.15) is 44.2 Å². The van der Waals surface area contributed by atoms with Crippen LogP contribution < -0.4 is 10.6 Å². The number of hydrogen-bond donors (Lipinski definition) is 2. The van der Waals surface area contributed by atoms with E-state index < -0.39 is 0 Å². The van der Waals surface area contributed by atoms with Gasteiger partial charge in [-0.3, -0.25) is 0 Å². The molecule has 0 bridgehead atoms. The molecule has 3 heterocycles. The van der Waals surface area contributed by atoms with Gasteiger partial charge in [-0.1, -0.05) is 38.1 Å². The predicted octanol–water partition coefficient (Wildman–Crippen LogP) is 2.69. The van der Waals surface area contributed by atoms with Crippen molar-refractivity contribution < 1.29 is 9.53 Å². The van der Waals surface area contributed by atoms with Crippen molar-refractivity contribution in [3.8, 4) is 0 Å². The molecule has 2 saturated heterocycles. The number of amides is 2. The molecule has 1 aromatic rings. The number of nitrogens with zero attached hydrogens (tertiary/aromatic N) is 1. The molecule has 3 aliphatic heterocycles. The van der Waals surface area contributed by atoms with Gasteiger partial charge in [-0.15, -0.1) is 0 Å². The number of fused-ring (bicyclic) bond motifs is 1. The van der Waals surface area contributed by atoms with Crippen molar-refractivity contribution in [3.63, 3.8) is 0 Å². The lowest BCUT2D eigenvalue weighted by molar-refractivity contribution is 0.0385. The number of ether oxygens (including phenoxy) is 1. The minimum Gasteiger partial charge on any atom is -0.376 e. The van der Waals surface area contributed by atoms with Gasteiger partial charge in [0.1, 0.15) is 0 Å².